The molecule has 0 bridgehead atoms. The van der Waals surface area contributed by atoms with Gasteiger partial charge < -0.3 is 20.1 Å². The maximum atomic E-state index is 9.51. The Balaban J connectivity index is 0.000000921. The van der Waals surface area contributed by atoms with E-state index in [4.69, 9.17) is 9.59 Å². The molecule has 21 heavy (non-hydrogen) atoms. The van der Waals surface area contributed by atoms with Gasteiger partial charge in [-0.2, -0.15) is 5.10 Å². The molecule has 0 unspecified atom stereocenters. The van der Waals surface area contributed by atoms with Crippen LogP contribution in [0.1, 0.15) is 11.1 Å². The quantitative estimate of drug-likeness (QED) is 0.666. The second-order valence-corrected chi connectivity index (χ2v) is 3.64. The molecule has 0 saturated heterocycles. The van der Waals surface area contributed by atoms with Gasteiger partial charge in [0.1, 0.15) is 19.3 Å². The number of para-hydroxylation sites is 1. The van der Waals surface area contributed by atoms with E-state index < -0.39 is 0 Å². The number of carbonyl (C=O) groups excluding carboxylic acids is 2. The average Bonchev–Trinajstić information content (AvgIpc) is 2.58. The Morgan fingerprint density at radius 3 is 2.14 bits per heavy atom. The van der Waals surface area contributed by atoms with Gasteiger partial charge in [-0.15, -0.1) is 0 Å². The van der Waals surface area contributed by atoms with Gasteiger partial charge in [0.25, 0.3) is 0 Å². The van der Waals surface area contributed by atoms with Gasteiger partial charge in [-0.05, 0) is 17.7 Å². The van der Waals surface area contributed by atoms with E-state index >= 15 is 0 Å². The summed E-state index contributed by atoms with van der Waals surface area (Å²) in [5.41, 5.74) is 4.81. The average molecular weight is 286 g/mol. The molecule has 0 aliphatic carbocycles. The first-order valence-electron chi connectivity index (χ1n) is 6.02. The maximum absolute atomic E-state index is 9.51. The largest absolute Gasteiger partial charge is 0.507 e. The van der Waals surface area contributed by atoms with E-state index in [-0.39, 0.29) is 5.75 Å². The van der Waals surface area contributed by atoms with Crippen molar-refractivity contribution in [1.29, 1.82) is 0 Å². The molecule has 0 aliphatic heterocycles. The molecule has 5 nitrogen and oxygen atoms in total. The highest BCUT2D eigenvalue weighted by atomic mass is 16.3. The molecule has 0 spiro atoms. The van der Waals surface area contributed by atoms with Gasteiger partial charge in [0.15, 0.2) is 0 Å². The summed E-state index contributed by atoms with van der Waals surface area (Å²) in [7, 11) is 0. The molecule has 0 fully saturated rings. The zero-order valence-electron chi connectivity index (χ0n) is 11.6. The minimum Gasteiger partial charge on any atom is -0.507 e. The molecule has 2 N–H and O–H groups in total. The zero-order valence-corrected chi connectivity index (χ0v) is 11.6. The summed E-state index contributed by atoms with van der Waals surface area (Å²) in [4.78, 5) is 16.0. The predicted octanol–water partition coefficient (Wildman–Crippen LogP) is 2.15. The number of hydrogen-bond donors (Lipinski definition) is 2. The molecule has 0 aliphatic rings. The number of hydrogen-bond acceptors (Lipinski definition) is 5. The molecule has 0 atom stereocenters. The third-order valence-corrected chi connectivity index (χ3v) is 2.36. The fraction of sp³-hybridized carbons (Fsp3) is 0.0625. The summed E-state index contributed by atoms with van der Waals surface area (Å²) in [5, 5.41) is 13.6. The zero-order chi connectivity index (χ0) is 15.9. The van der Waals surface area contributed by atoms with E-state index in [0.29, 0.717) is 12.1 Å². The van der Waals surface area contributed by atoms with Crippen LogP contribution in [0.15, 0.2) is 59.7 Å². The van der Waals surface area contributed by atoms with Crippen molar-refractivity contribution in [3.05, 3.63) is 65.7 Å². The lowest BCUT2D eigenvalue weighted by molar-refractivity contribution is -0.0987. The number of rotatable bonds is 4. The van der Waals surface area contributed by atoms with Crippen LogP contribution in [0.5, 0.6) is 5.75 Å². The topological polar surface area (TPSA) is 78.8 Å². The molecule has 0 heterocycles. The van der Waals surface area contributed by atoms with Crippen molar-refractivity contribution in [3.63, 3.8) is 0 Å². The Kier molecular flexibility index (Phi) is 10.4. The highest BCUT2D eigenvalue weighted by molar-refractivity contribution is 5.82. The smallest absolute Gasteiger partial charge is 0.124 e. The fourth-order valence-electron chi connectivity index (χ4n) is 1.44. The Morgan fingerprint density at radius 1 is 0.952 bits per heavy atom. The third kappa shape index (κ3) is 7.27. The van der Waals surface area contributed by atoms with E-state index in [1.807, 2.05) is 56.0 Å². The highest BCUT2D eigenvalue weighted by Crippen LogP contribution is 2.12. The molecule has 0 amide bonds. The molecular weight excluding hydrogens is 268 g/mol. The Morgan fingerprint density at radius 2 is 1.52 bits per heavy atom. The monoisotopic (exact) mass is 286 g/mol. The molecule has 2 aromatic rings. The van der Waals surface area contributed by atoms with Crippen molar-refractivity contribution in [2.45, 2.75) is 6.54 Å². The Labute approximate surface area is 123 Å². The van der Waals surface area contributed by atoms with Crippen molar-refractivity contribution in [3.8, 4) is 5.75 Å². The second kappa shape index (κ2) is 12.1. The second-order valence-electron chi connectivity index (χ2n) is 3.64. The van der Waals surface area contributed by atoms with Gasteiger partial charge in [-0.1, -0.05) is 42.5 Å². The van der Waals surface area contributed by atoms with Crippen LogP contribution in [0.3, 0.4) is 0 Å². The number of carbonyl (C=O) groups is 2. The number of benzene rings is 2. The van der Waals surface area contributed by atoms with Crippen LogP contribution in [0, 0.1) is 0 Å². The van der Waals surface area contributed by atoms with Gasteiger partial charge in [0, 0.05) is 5.56 Å². The minimum absolute atomic E-state index is 0.234. The van der Waals surface area contributed by atoms with Gasteiger partial charge in [-0.3, -0.25) is 0 Å². The lowest BCUT2D eigenvalue weighted by Gasteiger charge is -2.00. The normalized spacial score (nSPS) is 8.95. The van der Waals surface area contributed by atoms with Crippen LogP contribution in [0.4, 0.5) is 0 Å². The lowest BCUT2D eigenvalue weighted by atomic mass is 10.2. The van der Waals surface area contributed by atoms with E-state index in [1.54, 1.807) is 18.3 Å². The van der Waals surface area contributed by atoms with Crippen molar-refractivity contribution < 1.29 is 14.7 Å². The number of phenolic OH excluding ortho intramolecular Hbond substituents is 1. The summed E-state index contributed by atoms with van der Waals surface area (Å²) in [6, 6.07) is 17.1. The van der Waals surface area contributed by atoms with Crippen LogP contribution in [0.25, 0.3) is 0 Å². The van der Waals surface area contributed by atoms with Crippen molar-refractivity contribution >= 4 is 19.8 Å². The van der Waals surface area contributed by atoms with Crippen LogP contribution >= 0.6 is 0 Å². The summed E-state index contributed by atoms with van der Waals surface area (Å²) in [6.07, 6.45) is 1.61. The third-order valence-electron chi connectivity index (χ3n) is 2.36. The SMILES string of the molecule is C=O.C=O.Oc1ccccc1/C=N/NCc1ccccc1. The maximum Gasteiger partial charge on any atom is 0.124 e. The van der Waals surface area contributed by atoms with Gasteiger partial charge in [0.2, 0.25) is 0 Å². The molecule has 0 saturated carbocycles. The number of aromatic hydroxyl groups is 1. The summed E-state index contributed by atoms with van der Waals surface area (Å²) in [6.45, 7) is 4.67. The van der Waals surface area contributed by atoms with Crippen LogP contribution in [-0.4, -0.2) is 24.9 Å². The van der Waals surface area contributed by atoms with E-state index in [1.165, 1.54) is 5.56 Å². The van der Waals surface area contributed by atoms with Crippen molar-refractivity contribution in [1.82, 2.24) is 5.43 Å². The number of phenols is 1. The van der Waals surface area contributed by atoms with Crippen LogP contribution in [-0.2, 0) is 16.1 Å². The number of nitrogens with one attached hydrogen (secondary N) is 1. The molecule has 110 valence electrons. The molecule has 2 aromatic carbocycles. The lowest BCUT2D eigenvalue weighted by Crippen LogP contribution is -2.05. The highest BCUT2D eigenvalue weighted by Gasteiger charge is 1.94. The summed E-state index contributed by atoms with van der Waals surface area (Å²) >= 11 is 0. The first kappa shape index (κ1) is 18.0. The molecule has 5 heteroatoms. The van der Waals surface area contributed by atoms with E-state index in [0.717, 1.165) is 0 Å². The van der Waals surface area contributed by atoms with E-state index in [9.17, 15) is 5.11 Å². The van der Waals surface area contributed by atoms with Crippen LogP contribution in [0.2, 0.25) is 0 Å². The predicted molar refractivity (Wildman–Crippen MR) is 83.2 cm³/mol. The summed E-state index contributed by atoms with van der Waals surface area (Å²) in [5.74, 6) is 0.234. The standard InChI is InChI=1S/C14H14N2O.2CH2O/c17-14-9-5-4-8-13(14)11-16-15-10-12-6-2-1-3-7-12;2*1-2/h1-9,11,15,17H,10H2;2*1H2/b16-11+;;. The number of hydrazone groups is 1. The Bertz CT molecular complexity index is 528. The molecule has 0 radical (unpaired) electrons. The Hall–Kier alpha value is -2.95. The summed E-state index contributed by atoms with van der Waals surface area (Å²) < 4.78 is 0. The van der Waals surface area contributed by atoms with Crippen molar-refractivity contribution in [2.75, 3.05) is 0 Å². The van der Waals surface area contributed by atoms with Crippen LogP contribution < -0.4 is 5.43 Å². The van der Waals surface area contributed by atoms with Gasteiger partial charge in [-0.25, -0.2) is 0 Å². The molecular formula is C16H18N2O3. The van der Waals surface area contributed by atoms with E-state index in [2.05, 4.69) is 10.5 Å². The molecule has 0 aromatic heterocycles. The fourth-order valence-corrected chi connectivity index (χ4v) is 1.44. The van der Waals surface area contributed by atoms with Crippen molar-refractivity contribution in [2.24, 2.45) is 5.10 Å². The van der Waals surface area contributed by atoms with Gasteiger partial charge in [0.05, 0.1) is 12.8 Å². The first-order valence-corrected chi connectivity index (χ1v) is 6.02. The first-order chi connectivity index (χ1) is 10.4. The molecule has 2 rings (SSSR count). The number of nitrogens with zero attached hydrogens (tertiary/aromatic N) is 1. The van der Waals surface area contributed by atoms with Gasteiger partial charge >= 0.3 is 0 Å². The minimum atomic E-state index is 0.234.